The molecule has 0 radical (unpaired) electrons. The maximum Gasteiger partial charge on any atom is 0.132 e. The van der Waals surface area contributed by atoms with Crippen LogP contribution in [0, 0.1) is 26.7 Å². The van der Waals surface area contributed by atoms with E-state index in [9.17, 15) is 0 Å². The molecule has 1 saturated heterocycles. The number of piperidine rings is 1. The molecule has 24 heavy (non-hydrogen) atoms. The maximum absolute atomic E-state index is 4.59. The van der Waals surface area contributed by atoms with Crippen LogP contribution in [-0.2, 0) is 7.05 Å². The predicted octanol–water partition coefficient (Wildman–Crippen LogP) is 2.63. The number of hydrogen-bond donors (Lipinski definition) is 1. The average molecular weight is 328 g/mol. The first-order valence-electron chi connectivity index (χ1n) is 8.71. The molecule has 1 aliphatic rings. The molecule has 0 aromatic carbocycles. The van der Waals surface area contributed by atoms with Crippen molar-refractivity contribution in [1.82, 2.24) is 24.6 Å². The Hall–Kier alpha value is -1.95. The molecule has 3 rings (SSSR count). The summed E-state index contributed by atoms with van der Waals surface area (Å²) >= 11 is 0. The minimum atomic E-state index is 0.392. The van der Waals surface area contributed by atoms with E-state index in [2.05, 4.69) is 45.3 Å². The highest BCUT2D eigenvalue weighted by Gasteiger charge is 2.32. The van der Waals surface area contributed by atoms with E-state index in [-0.39, 0.29) is 0 Å². The Morgan fingerprint density at radius 3 is 2.71 bits per heavy atom. The van der Waals surface area contributed by atoms with Gasteiger partial charge in [0.05, 0.1) is 11.7 Å². The van der Waals surface area contributed by atoms with Gasteiger partial charge in [-0.1, -0.05) is 0 Å². The third-order valence-corrected chi connectivity index (χ3v) is 5.20. The molecule has 0 amide bonds. The Morgan fingerprint density at radius 1 is 1.21 bits per heavy atom. The van der Waals surface area contributed by atoms with E-state index in [1.54, 1.807) is 0 Å². The molecule has 2 aromatic heterocycles. The topological polar surface area (TPSA) is 58.9 Å². The second-order valence-electron chi connectivity index (χ2n) is 6.92. The lowest BCUT2D eigenvalue weighted by Gasteiger charge is -2.39. The minimum Gasteiger partial charge on any atom is -0.369 e. The van der Waals surface area contributed by atoms with Crippen molar-refractivity contribution in [2.45, 2.75) is 39.7 Å². The minimum absolute atomic E-state index is 0.392. The van der Waals surface area contributed by atoms with E-state index in [1.165, 1.54) is 18.5 Å². The first-order valence-corrected chi connectivity index (χ1v) is 8.71. The SMILES string of the molecule is Cc1nc(C)c(C)c(NC[C@@H]2CCCN(C)[C@H]2c2ccnn2C)n1. The van der Waals surface area contributed by atoms with Crippen molar-refractivity contribution in [2.24, 2.45) is 13.0 Å². The van der Waals surface area contributed by atoms with Crippen LogP contribution in [-0.4, -0.2) is 44.8 Å². The van der Waals surface area contributed by atoms with Crippen molar-refractivity contribution < 1.29 is 0 Å². The Labute approximate surface area is 144 Å². The Kier molecular flexibility index (Phi) is 4.85. The normalized spacial score (nSPS) is 21.9. The van der Waals surface area contributed by atoms with Gasteiger partial charge in [-0.25, -0.2) is 9.97 Å². The van der Waals surface area contributed by atoms with E-state index >= 15 is 0 Å². The lowest BCUT2D eigenvalue weighted by Crippen LogP contribution is -2.40. The molecular formula is C18H28N6. The predicted molar refractivity (Wildman–Crippen MR) is 96.0 cm³/mol. The summed E-state index contributed by atoms with van der Waals surface area (Å²) in [5, 5.41) is 7.95. The summed E-state index contributed by atoms with van der Waals surface area (Å²) in [6.07, 6.45) is 4.34. The van der Waals surface area contributed by atoms with Crippen LogP contribution in [0.2, 0.25) is 0 Å². The van der Waals surface area contributed by atoms with Gasteiger partial charge in [0.25, 0.3) is 0 Å². The van der Waals surface area contributed by atoms with Crippen LogP contribution < -0.4 is 5.32 Å². The highest BCUT2D eigenvalue weighted by Crippen LogP contribution is 2.35. The Balaban J connectivity index is 1.79. The molecule has 0 saturated carbocycles. The van der Waals surface area contributed by atoms with Crippen molar-refractivity contribution in [3.8, 4) is 0 Å². The molecule has 0 bridgehead atoms. The van der Waals surface area contributed by atoms with Gasteiger partial charge in [0.1, 0.15) is 11.6 Å². The van der Waals surface area contributed by atoms with Gasteiger partial charge >= 0.3 is 0 Å². The van der Waals surface area contributed by atoms with E-state index < -0.39 is 0 Å². The van der Waals surface area contributed by atoms with E-state index in [1.807, 2.05) is 31.8 Å². The van der Waals surface area contributed by atoms with E-state index in [4.69, 9.17) is 0 Å². The molecule has 6 heteroatoms. The first-order chi connectivity index (χ1) is 11.5. The largest absolute Gasteiger partial charge is 0.369 e. The molecule has 0 unspecified atom stereocenters. The molecule has 3 heterocycles. The molecule has 1 N–H and O–H groups in total. The van der Waals surface area contributed by atoms with Crippen LogP contribution >= 0.6 is 0 Å². The molecule has 1 fully saturated rings. The van der Waals surface area contributed by atoms with Crippen molar-refractivity contribution >= 4 is 5.82 Å². The molecule has 0 aliphatic carbocycles. The highest BCUT2D eigenvalue weighted by atomic mass is 15.3. The summed E-state index contributed by atoms with van der Waals surface area (Å²) in [6, 6.07) is 2.53. The number of hydrogen-bond acceptors (Lipinski definition) is 5. The molecule has 1 aliphatic heterocycles. The van der Waals surface area contributed by atoms with Crippen molar-refractivity contribution in [2.75, 3.05) is 25.5 Å². The maximum atomic E-state index is 4.59. The van der Waals surface area contributed by atoms with Gasteiger partial charge in [0, 0.05) is 31.0 Å². The molecule has 6 nitrogen and oxygen atoms in total. The fourth-order valence-electron chi connectivity index (χ4n) is 3.78. The highest BCUT2D eigenvalue weighted by molar-refractivity contribution is 5.45. The smallest absolute Gasteiger partial charge is 0.132 e. The third kappa shape index (κ3) is 3.29. The number of aromatic nitrogens is 4. The average Bonchev–Trinajstić information content (AvgIpc) is 2.95. The van der Waals surface area contributed by atoms with E-state index in [0.29, 0.717) is 12.0 Å². The third-order valence-electron chi connectivity index (χ3n) is 5.20. The molecule has 130 valence electrons. The van der Waals surface area contributed by atoms with Crippen molar-refractivity contribution in [3.63, 3.8) is 0 Å². The zero-order chi connectivity index (χ0) is 17.3. The van der Waals surface area contributed by atoms with Crippen LogP contribution in [0.4, 0.5) is 5.82 Å². The van der Waals surface area contributed by atoms with Gasteiger partial charge in [-0.05, 0) is 59.2 Å². The summed E-state index contributed by atoms with van der Waals surface area (Å²) < 4.78 is 2.00. The summed E-state index contributed by atoms with van der Waals surface area (Å²) in [6.45, 7) is 8.13. The molecule has 2 aromatic rings. The number of anilines is 1. The zero-order valence-electron chi connectivity index (χ0n) is 15.4. The zero-order valence-corrected chi connectivity index (χ0v) is 15.4. The standard InChI is InChI=1S/C18H28N6/c1-12-13(2)21-14(3)22-18(12)19-11-15-7-6-10-23(4)17(15)16-8-9-20-24(16)5/h8-9,15,17H,6-7,10-11H2,1-5H3,(H,19,21,22)/t15-,17+/m0/s1. The summed E-state index contributed by atoms with van der Waals surface area (Å²) in [4.78, 5) is 11.5. The van der Waals surface area contributed by atoms with Gasteiger partial charge in [-0.2, -0.15) is 5.10 Å². The summed E-state index contributed by atoms with van der Waals surface area (Å²) in [5.41, 5.74) is 3.48. The number of rotatable bonds is 4. The van der Waals surface area contributed by atoms with Crippen LogP contribution in [0.25, 0.3) is 0 Å². The van der Waals surface area contributed by atoms with Crippen LogP contribution in [0.3, 0.4) is 0 Å². The number of nitrogens with one attached hydrogen (secondary N) is 1. The second-order valence-corrected chi connectivity index (χ2v) is 6.92. The lowest BCUT2D eigenvalue weighted by molar-refractivity contribution is 0.121. The molecular weight excluding hydrogens is 300 g/mol. The van der Waals surface area contributed by atoms with Crippen molar-refractivity contribution in [1.29, 1.82) is 0 Å². The van der Waals surface area contributed by atoms with Crippen LogP contribution in [0.1, 0.15) is 41.7 Å². The second kappa shape index (κ2) is 6.89. The van der Waals surface area contributed by atoms with Gasteiger partial charge in [0.15, 0.2) is 0 Å². The summed E-state index contributed by atoms with van der Waals surface area (Å²) in [7, 11) is 4.25. The molecule has 2 atom stereocenters. The van der Waals surface area contributed by atoms with Crippen LogP contribution in [0.5, 0.6) is 0 Å². The number of aryl methyl sites for hydroxylation is 3. The number of likely N-dealkylation sites (tertiary alicyclic amines) is 1. The van der Waals surface area contributed by atoms with Gasteiger partial charge in [-0.15, -0.1) is 0 Å². The van der Waals surface area contributed by atoms with Crippen LogP contribution in [0.15, 0.2) is 12.3 Å². The summed E-state index contributed by atoms with van der Waals surface area (Å²) in [5.74, 6) is 2.33. The number of nitrogens with zero attached hydrogens (tertiary/aromatic N) is 5. The Bertz CT molecular complexity index is 708. The molecule has 0 spiro atoms. The van der Waals surface area contributed by atoms with Gasteiger partial charge in [0.2, 0.25) is 0 Å². The van der Waals surface area contributed by atoms with Gasteiger partial charge in [-0.3, -0.25) is 9.58 Å². The monoisotopic (exact) mass is 328 g/mol. The fourth-order valence-corrected chi connectivity index (χ4v) is 3.78. The van der Waals surface area contributed by atoms with Gasteiger partial charge < -0.3 is 5.32 Å². The van der Waals surface area contributed by atoms with Crippen molar-refractivity contribution in [3.05, 3.63) is 35.0 Å². The Morgan fingerprint density at radius 2 is 2.00 bits per heavy atom. The van der Waals surface area contributed by atoms with E-state index in [0.717, 1.165) is 36.0 Å². The fraction of sp³-hybridized carbons (Fsp3) is 0.611. The quantitative estimate of drug-likeness (QED) is 0.935. The first kappa shape index (κ1) is 16.9. The lowest BCUT2D eigenvalue weighted by atomic mass is 9.87.